The maximum Gasteiger partial charge on any atom is 0.304 e. The van der Waals surface area contributed by atoms with Gasteiger partial charge in [-0.2, -0.15) is 20.2 Å². The molecule has 1 atom stereocenters. The number of rotatable bonds is 6. The van der Waals surface area contributed by atoms with Crippen LogP contribution in [0, 0.1) is 0 Å². The van der Waals surface area contributed by atoms with E-state index in [-0.39, 0.29) is 12.2 Å². The van der Waals surface area contributed by atoms with Gasteiger partial charge < -0.3 is 5.11 Å². The van der Waals surface area contributed by atoms with E-state index in [1.165, 1.54) is 18.7 Å². The zero-order chi connectivity index (χ0) is 10.5. The van der Waals surface area contributed by atoms with Gasteiger partial charge in [-0.05, 0) is 6.92 Å². The molecular weight excluding hydrogens is 216 g/mol. The van der Waals surface area contributed by atoms with Gasteiger partial charge in [0, 0.05) is 11.5 Å². The van der Waals surface area contributed by atoms with Crippen LogP contribution in [0.1, 0.15) is 13.3 Å². The van der Waals surface area contributed by atoms with E-state index in [4.69, 9.17) is 9.66 Å². The second-order valence-corrected chi connectivity index (χ2v) is 5.53. The van der Waals surface area contributed by atoms with Crippen molar-refractivity contribution in [3.63, 3.8) is 0 Å². The highest BCUT2D eigenvalue weighted by Crippen LogP contribution is 2.09. The lowest BCUT2D eigenvalue weighted by molar-refractivity contribution is -0.136. The number of hydrogen-bond donors (Lipinski definition) is 2. The van der Waals surface area contributed by atoms with Gasteiger partial charge >= 0.3 is 5.97 Å². The Hall–Kier alpha value is -0.270. The Morgan fingerprint density at radius 2 is 2.08 bits per heavy atom. The fourth-order valence-corrected chi connectivity index (χ4v) is 2.29. The molecule has 0 fully saturated rings. The summed E-state index contributed by atoms with van der Waals surface area (Å²) < 4.78 is 29.5. The van der Waals surface area contributed by atoms with Crippen molar-refractivity contribution in [1.82, 2.24) is 0 Å². The zero-order valence-corrected chi connectivity index (χ0v) is 8.77. The molecule has 0 bridgehead atoms. The molecule has 0 aromatic rings. The molecule has 0 amide bonds. The van der Waals surface area contributed by atoms with Crippen LogP contribution in [0.5, 0.6) is 0 Å². The van der Waals surface area contributed by atoms with Gasteiger partial charge in [-0.25, -0.2) is 0 Å². The van der Waals surface area contributed by atoms with Gasteiger partial charge in [-0.3, -0.25) is 9.35 Å². The molecule has 0 aliphatic carbocycles. The zero-order valence-electron chi connectivity index (χ0n) is 7.13. The third-order valence-corrected chi connectivity index (χ3v) is 3.94. The Kier molecular flexibility index (Phi) is 5.34. The Balaban J connectivity index is 3.61. The standard InChI is InChI=1S/C6H12O5S2/c1-5(13(9,10)11)4-12-3-2-6(7)8/h5H,2-4H2,1H3,(H,7,8)(H,9,10,11). The maximum absolute atomic E-state index is 10.5. The van der Waals surface area contributed by atoms with Crippen LogP contribution >= 0.6 is 11.8 Å². The van der Waals surface area contributed by atoms with Crippen LogP contribution in [-0.4, -0.2) is 40.8 Å². The number of carboxylic acid groups (broad SMARTS) is 1. The van der Waals surface area contributed by atoms with E-state index in [0.29, 0.717) is 5.75 Å². The van der Waals surface area contributed by atoms with Crippen molar-refractivity contribution in [2.75, 3.05) is 11.5 Å². The number of hydrogen-bond acceptors (Lipinski definition) is 4. The van der Waals surface area contributed by atoms with Gasteiger partial charge in [-0.1, -0.05) is 0 Å². The molecule has 2 N–H and O–H groups in total. The molecule has 0 spiro atoms. The maximum atomic E-state index is 10.5. The van der Waals surface area contributed by atoms with Crippen molar-refractivity contribution >= 4 is 27.8 Å². The normalized spacial score (nSPS) is 14.0. The van der Waals surface area contributed by atoms with E-state index in [0.717, 1.165) is 0 Å². The first-order valence-corrected chi connectivity index (χ1v) is 6.25. The molecule has 0 aromatic carbocycles. The lowest BCUT2D eigenvalue weighted by Gasteiger charge is -2.05. The molecule has 0 aliphatic heterocycles. The minimum absolute atomic E-state index is 0.00284. The van der Waals surface area contributed by atoms with Gasteiger partial charge in [0.15, 0.2) is 0 Å². The van der Waals surface area contributed by atoms with Crippen LogP contribution in [0.25, 0.3) is 0 Å². The van der Waals surface area contributed by atoms with Crippen molar-refractivity contribution in [3.8, 4) is 0 Å². The second-order valence-electron chi connectivity index (χ2n) is 2.54. The lowest BCUT2D eigenvalue weighted by Crippen LogP contribution is -2.19. The average Bonchev–Trinajstić information content (AvgIpc) is 1.95. The third kappa shape index (κ3) is 6.85. The predicted molar refractivity (Wildman–Crippen MR) is 50.6 cm³/mol. The highest BCUT2D eigenvalue weighted by Gasteiger charge is 2.16. The summed E-state index contributed by atoms with van der Waals surface area (Å²) in [4.78, 5) is 10.1. The van der Waals surface area contributed by atoms with Crippen molar-refractivity contribution in [3.05, 3.63) is 0 Å². The molecule has 0 rings (SSSR count). The highest BCUT2D eigenvalue weighted by molar-refractivity contribution is 8.00. The van der Waals surface area contributed by atoms with Gasteiger partial charge in [0.05, 0.1) is 11.7 Å². The minimum Gasteiger partial charge on any atom is -0.481 e. The summed E-state index contributed by atoms with van der Waals surface area (Å²) >= 11 is 1.20. The van der Waals surface area contributed by atoms with E-state index < -0.39 is 21.3 Å². The van der Waals surface area contributed by atoms with Crippen LogP contribution in [0.2, 0.25) is 0 Å². The Morgan fingerprint density at radius 3 is 2.46 bits per heavy atom. The monoisotopic (exact) mass is 228 g/mol. The van der Waals surface area contributed by atoms with Crippen LogP contribution in [0.4, 0.5) is 0 Å². The molecule has 0 radical (unpaired) electrons. The van der Waals surface area contributed by atoms with E-state index in [1.54, 1.807) is 0 Å². The predicted octanol–water partition coefficient (Wildman–Crippen LogP) is 0.471. The summed E-state index contributed by atoms with van der Waals surface area (Å²) in [5.74, 6) is -0.339. The van der Waals surface area contributed by atoms with Crippen molar-refractivity contribution in [2.24, 2.45) is 0 Å². The van der Waals surface area contributed by atoms with Crippen molar-refractivity contribution < 1.29 is 22.9 Å². The van der Waals surface area contributed by atoms with E-state index in [9.17, 15) is 13.2 Å². The Bertz CT molecular complexity index is 258. The molecule has 78 valence electrons. The molecule has 13 heavy (non-hydrogen) atoms. The molecule has 0 saturated heterocycles. The van der Waals surface area contributed by atoms with Gasteiger partial charge in [0.2, 0.25) is 0 Å². The first-order valence-electron chi connectivity index (χ1n) is 3.60. The summed E-state index contributed by atoms with van der Waals surface area (Å²) in [6.45, 7) is 1.38. The Morgan fingerprint density at radius 1 is 1.54 bits per heavy atom. The molecular formula is C6H12O5S2. The SMILES string of the molecule is CC(CSCCC(=O)O)S(=O)(=O)O. The number of carbonyl (C=O) groups is 1. The smallest absolute Gasteiger partial charge is 0.304 e. The van der Waals surface area contributed by atoms with Gasteiger partial charge in [-0.15, -0.1) is 0 Å². The molecule has 5 nitrogen and oxygen atoms in total. The molecule has 0 aromatic heterocycles. The first-order chi connectivity index (χ1) is 5.84. The van der Waals surface area contributed by atoms with Gasteiger partial charge in [0.1, 0.15) is 0 Å². The van der Waals surface area contributed by atoms with Crippen molar-refractivity contribution in [1.29, 1.82) is 0 Å². The van der Waals surface area contributed by atoms with Crippen LogP contribution in [-0.2, 0) is 14.9 Å². The van der Waals surface area contributed by atoms with Gasteiger partial charge in [0.25, 0.3) is 10.1 Å². The average molecular weight is 228 g/mol. The minimum atomic E-state index is -3.97. The molecule has 1 unspecified atom stereocenters. The largest absolute Gasteiger partial charge is 0.481 e. The van der Waals surface area contributed by atoms with Crippen LogP contribution < -0.4 is 0 Å². The van der Waals surface area contributed by atoms with E-state index >= 15 is 0 Å². The van der Waals surface area contributed by atoms with E-state index in [1.807, 2.05) is 0 Å². The summed E-state index contributed by atoms with van der Waals surface area (Å²) in [7, 11) is -3.97. The molecule has 0 aliphatic rings. The summed E-state index contributed by atoms with van der Waals surface area (Å²) in [6.07, 6.45) is 0.00284. The second kappa shape index (κ2) is 5.46. The summed E-state index contributed by atoms with van der Waals surface area (Å²) in [5.41, 5.74) is 0. The number of thioether (sulfide) groups is 1. The van der Waals surface area contributed by atoms with Crippen molar-refractivity contribution in [2.45, 2.75) is 18.6 Å². The number of aliphatic carboxylic acids is 1. The quantitative estimate of drug-likeness (QED) is 0.507. The van der Waals surface area contributed by atoms with Crippen LogP contribution in [0.3, 0.4) is 0 Å². The third-order valence-electron chi connectivity index (χ3n) is 1.32. The molecule has 7 heteroatoms. The highest BCUT2D eigenvalue weighted by atomic mass is 32.2. The fraction of sp³-hybridized carbons (Fsp3) is 0.833. The summed E-state index contributed by atoms with van der Waals surface area (Å²) in [6, 6.07) is 0. The summed E-state index contributed by atoms with van der Waals surface area (Å²) in [5, 5.41) is 7.42. The molecule has 0 heterocycles. The number of carboxylic acids is 1. The fourth-order valence-electron chi connectivity index (χ4n) is 0.495. The topological polar surface area (TPSA) is 91.7 Å². The van der Waals surface area contributed by atoms with Crippen LogP contribution in [0.15, 0.2) is 0 Å². The van der Waals surface area contributed by atoms with E-state index in [2.05, 4.69) is 0 Å². The molecule has 0 saturated carbocycles. The Labute approximate surface area is 81.3 Å². The lowest BCUT2D eigenvalue weighted by atomic mass is 10.5. The first kappa shape index (κ1) is 12.7.